The molecule has 10 heteroatoms. The maximum atomic E-state index is 9.92. The lowest BCUT2D eigenvalue weighted by Crippen LogP contribution is -2.62. The van der Waals surface area contributed by atoms with Gasteiger partial charge in [-0.05, 0) is 0 Å². The Balaban J connectivity index is 2.07. The Hall–Kier alpha value is -0.400. The molecule has 9 atom stereocenters. The number of hydrogen-bond donors (Lipinski definition) is 7. The summed E-state index contributed by atoms with van der Waals surface area (Å²) < 4.78 is 15.5. The summed E-state index contributed by atoms with van der Waals surface area (Å²) in [4.78, 5) is 0. The number of aliphatic hydroxyl groups is 7. The molecule has 1 unspecified atom stereocenters. The van der Waals surface area contributed by atoms with Crippen molar-refractivity contribution in [1.29, 1.82) is 0 Å². The van der Waals surface area contributed by atoms with Gasteiger partial charge in [-0.1, -0.05) is 0 Å². The first-order valence-electron chi connectivity index (χ1n) is 6.97. The van der Waals surface area contributed by atoms with E-state index in [1.807, 2.05) is 0 Å². The van der Waals surface area contributed by atoms with Crippen LogP contribution in [0.25, 0.3) is 0 Å². The summed E-state index contributed by atoms with van der Waals surface area (Å²) in [7, 11) is 0. The monoisotopic (exact) mass is 326 g/mol. The van der Waals surface area contributed by atoms with Gasteiger partial charge in [0.1, 0.15) is 36.6 Å². The first-order valence-corrected chi connectivity index (χ1v) is 6.97. The molecule has 0 aromatic rings. The summed E-state index contributed by atoms with van der Waals surface area (Å²) in [5.41, 5.74) is 0. The highest BCUT2D eigenvalue weighted by molar-refractivity contribution is 4.91. The highest BCUT2D eigenvalue weighted by Gasteiger charge is 2.47. The molecule has 2 aliphatic rings. The molecule has 0 bridgehead atoms. The SMILES string of the molecule is OC[C@H]1O[C@H](O[C@H]2[C@H](O)CC(O)O[C@@H]2CO)[C@H](O)[C@@H](O)[C@@H]1O. The van der Waals surface area contributed by atoms with Crippen molar-refractivity contribution in [2.75, 3.05) is 13.2 Å². The summed E-state index contributed by atoms with van der Waals surface area (Å²) in [6, 6.07) is 0. The largest absolute Gasteiger partial charge is 0.394 e. The zero-order valence-electron chi connectivity index (χ0n) is 11.7. The molecule has 10 nitrogen and oxygen atoms in total. The van der Waals surface area contributed by atoms with E-state index in [4.69, 9.17) is 19.3 Å². The van der Waals surface area contributed by atoms with Gasteiger partial charge in [0.05, 0.1) is 19.3 Å². The van der Waals surface area contributed by atoms with E-state index in [-0.39, 0.29) is 6.42 Å². The average Bonchev–Trinajstić information content (AvgIpc) is 2.49. The third kappa shape index (κ3) is 3.57. The second kappa shape index (κ2) is 7.45. The van der Waals surface area contributed by atoms with Gasteiger partial charge in [-0.3, -0.25) is 0 Å². The maximum Gasteiger partial charge on any atom is 0.187 e. The van der Waals surface area contributed by atoms with Crippen molar-refractivity contribution in [3.8, 4) is 0 Å². The van der Waals surface area contributed by atoms with Gasteiger partial charge in [-0.25, -0.2) is 0 Å². The molecule has 0 saturated carbocycles. The molecule has 0 spiro atoms. The maximum absolute atomic E-state index is 9.92. The van der Waals surface area contributed by atoms with Crippen molar-refractivity contribution < 1.29 is 50.0 Å². The third-order valence-corrected chi connectivity index (χ3v) is 3.84. The van der Waals surface area contributed by atoms with Crippen LogP contribution < -0.4 is 0 Å². The van der Waals surface area contributed by atoms with Crippen LogP contribution in [0.3, 0.4) is 0 Å². The normalized spacial score (nSPS) is 50.0. The predicted molar refractivity (Wildman–Crippen MR) is 67.2 cm³/mol. The van der Waals surface area contributed by atoms with E-state index in [0.717, 1.165) is 0 Å². The molecule has 0 radical (unpaired) electrons. The second-order valence-corrected chi connectivity index (χ2v) is 5.41. The van der Waals surface area contributed by atoms with E-state index in [0.29, 0.717) is 0 Å². The Morgan fingerprint density at radius 2 is 1.45 bits per heavy atom. The van der Waals surface area contributed by atoms with Crippen molar-refractivity contribution in [2.45, 2.75) is 61.7 Å². The van der Waals surface area contributed by atoms with Crippen LogP contribution in [0.1, 0.15) is 6.42 Å². The third-order valence-electron chi connectivity index (χ3n) is 3.84. The molecule has 130 valence electrons. The van der Waals surface area contributed by atoms with Crippen molar-refractivity contribution in [1.82, 2.24) is 0 Å². The van der Waals surface area contributed by atoms with E-state index >= 15 is 0 Å². The smallest absolute Gasteiger partial charge is 0.187 e. The molecule has 2 saturated heterocycles. The lowest BCUT2D eigenvalue weighted by Gasteiger charge is -2.44. The summed E-state index contributed by atoms with van der Waals surface area (Å²) in [6.45, 7) is -1.17. The van der Waals surface area contributed by atoms with Crippen molar-refractivity contribution in [3.05, 3.63) is 0 Å². The van der Waals surface area contributed by atoms with Crippen LogP contribution in [-0.2, 0) is 14.2 Å². The summed E-state index contributed by atoms with van der Waals surface area (Å²) in [5.74, 6) is 0. The molecular weight excluding hydrogens is 304 g/mol. The second-order valence-electron chi connectivity index (χ2n) is 5.41. The van der Waals surface area contributed by atoms with Crippen molar-refractivity contribution in [3.63, 3.8) is 0 Å². The molecule has 2 rings (SSSR count). The van der Waals surface area contributed by atoms with Gasteiger partial charge in [-0.15, -0.1) is 0 Å². The van der Waals surface area contributed by atoms with Gasteiger partial charge in [0.25, 0.3) is 0 Å². The molecule has 0 aromatic heterocycles. The van der Waals surface area contributed by atoms with Gasteiger partial charge in [-0.2, -0.15) is 0 Å². The Morgan fingerprint density at radius 1 is 0.818 bits per heavy atom. The van der Waals surface area contributed by atoms with Crippen LogP contribution in [0.5, 0.6) is 0 Å². The van der Waals surface area contributed by atoms with Gasteiger partial charge in [0, 0.05) is 6.42 Å². The van der Waals surface area contributed by atoms with Gasteiger partial charge in [0.15, 0.2) is 12.6 Å². The lowest BCUT2D eigenvalue weighted by molar-refractivity contribution is -0.342. The molecular formula is C12H22O10. The Labute approximate surface area is 126 Å². The molecule has 2 aliphatic heterocycles. The summed E-state index contributed by atoms with van der Waals surface area (Å²) in [5, 5.41) is 66.8. The molecule has 22 heavy (non-hydrogen) atoms. The Bertz CT molecular complexity index is 353. The predicted octanol–water partition coefficient (Wildman–Crippen LogP) is -4.37. The van der Waals surface area contributed by atoms with Crippen LogP contribution in [0, 0.1) is 0 Å². The highest BCUT2D eigenvalue weighted by atomic mass is 16.7. The number of hydrogen-bond acceptors (Lipinski definition) is 10. The van der Waals surface area contributed by atoms with E-state index in [2.05, 4.69) is 0 Å². The quantitative estimate of drug-likeness (QED) is 0.268. The van der Waals surface area contributed by atoms with Crippen LogP contribution in [0.15, 0.2) is 0 Å². The van der Waals surface area contributed by atoms with Gasteiger partial charge < -0.3 is 50.0 Å². The fourth-order valence-corrected chi connectivity index (χ4v) is 2.58. The lowest BCUT2D eigenvalue weighted by atomic mass is 9.98. The Kier molecular flexibility index (Phi) is 6.07. The highest BCUT2D eigenvalue weighted by Crippen LogP contribution is 2.28. The topological polar surface area (TPSA) is 169 Å². The first kappa shape index (κ1) is 17.9. The molecule has 0 aliphatic carbocycles. The number of rotatable bonds is 4. The Morgan fingerprint density at radius 3 is 2.05 bits per heavy atom. The number of aliphatic hydroxyl groups excluding tert-OH is 7. The van der Waals surface area contributed by atoms with Gasteiger partial charge >= 0.3 is 0 Å². The van der Waals surface area contributed by atoms with Crippen LogP contribution >= 0.6 is 0 Å². The van der Waals surface area contributed by atoms with E-state index in [1.165, 1.54) is 0 Å². The van der Waals surface area contributed by atoms with E-state index < -0.39 is 68.5 Å². The van der Waals surface area contributed by atoms with Crippen LogP contribution in [-0.4, -0.2) is 104 Å². The minimum Gasteiger partial charge on any atom is -0.394 e. The van der Waals surface area contributed by atoms with Crippen LogP contribution in [0.4, 0.5) is 0 Å². The molecule has 2 fully saturated rings. The van der Waals surface area contributed by atoms with Crippen LogP contribution in [0.2, 0.25) is 0 Å². The zero-order valence-corrected chi connectivity index (χ0v) is 11.7. The first-order chi connectivity index (χ1) is 10.4. The van der Waals surface area contributed by atoms with Gasteiger partial charge in [0.2, 0.25) is 0 Å². The molecule has 2 heterocycles. The summed E-state index contributed by atoms with van der Waals surface area (Å²) in [6.07, 6.45) is -12.2. The van der Waals surface area contributed by atoms with E-state index in [1.54, 1.807) is 0 Å². The fourth-order valence-electron chi connectivity index (χ4n) is 2.58. The molecule has 0 amide bonds. The standard InChI is InChI=1S/C12H22O10/c13-2-5-8(17)9(18)10(19)12(21-5)22-11-4(15)1-7(16)20-6(11)3-14/h4-19H,1-3H2/t4-,5-,6-,7?,8-,9+,10-,11+,12-/m1/s1. The number of ether oxygens (including phenoxy) is 3. The molecule has 7 N–H and O–H groups in total. The minimum atomic E-state index is -1.63. The summed E-state index contributed by atoms with van der Waals surface area (Å²) >= 11 is 0. The van der Waals surface area contributed by atoms with Crippen molar-refractivity contribution in [2.24, 2.45) is 0 Å². The van der Waals surface area contributed by atoms with Crippen molar-refractivity contribution >= 4 is 0 Å². The fraction of sp³-hybridized carbons (Fsp3) is 1.00. The average molecular weight is 326 g/mol. The minimum absolute atomic E-state index is 0.168. The van der Waals surface area contributed by atoms with E-state index in [9.17, 15) is 30.6 Å². The zero-order chi connectivity index (χ0) is 16.4. The molecule has 0 aromatic carbocycles.